The smallest absolute Gasteiger partial charge is 0.211 e. The summed E-state index contributed by atoms with van der Waals surface area (Å²) in [5.74, 6) is 0.164. The highest BCUT2D eigenvalue weighted by Crippen LogP contribution is 2.28. The molecule has 3 rings (SSSR count). The van der Waals surface area contributed by atoms with Gasteiger partial charge in [-0.3, -0.25) is 9.69 Å². The predicted molar refractivity (Wildman–Crippen MR) is 82.9 cm³/mol. The van der Waals surface area contributed by atoms with Gasteiger partial charge < -0.3 is 9.52 Å². The van der Waals surface area contributed by atoms with Gasteiger partial charge in [0.15, 0.2) is 0 Å². The van der Waals surface area contributed by atoms with E-state index in [1.165, 1.54) is 31.9 Å². The lowest BCUT2D eigenvalue weighted by molar-refractivity contribution is 0.272. The van der Waals surface area contributed by atoms with Crippen LogP contribution in [0.25, 0.3) is 11.0 Å². The van der Waals surface area contributed by atoms with Crippen molar-refractivity contribution in [2.75, 3.05) is 13.1 Å². The van der Waals surface area contributed by atoms with Crippen molar-refractivity contribution in [3.63, 3.8) is 0 Å². The summed E-state index contributed by atoms with van der Waals surface area (Å²) < 4.78 is 5.49. The van der Waals surface area contributed by atoms with E-state index in [4.69, 9.17) is 16.0 Å². The van der Waals surface area contributed by atoms with E-state index >= 15 is 0 Å². The number of nitrogens with zero attached hydrogens (tertiary/aromatic N) is 1. The van der Waals surface area contributed by atoms with Crippen LogP contribution in [0.5, 0.6) is 5.75 Å². The van der Waals surface area contributed by atoms with Crippen molar-refractivity contribution >= 4 is 22.6 Å². The lowest BCUT2D eigenvalue weighted by Crippen LogP contribution is -2.24. The summed E-state index contributed by atoms with van der Waals surface area (Å²) in [6, 6.07) is 3.11. The number of benzene rings is 1. The van der Waals surface area contributed by atoms with Crippen molar-refractivity contribution in [3.8, 4) is 5.75 Å². The maximum absolute atomic E-state index is 12.1. The molecule has 0 bridgehead atoms. The molecule has 1 aromatic carbocycles. The van der Waals surface area contributed by atoms with Crippen molar-refractivity contribution in [1.29, 1.82) is 0 Å². The number of phenols is 1. The molecule has 1 fully saturated rings. The number of hydrogen-bond donors (Lipinski definition) is 1. The van der Waals surface area contributed by atoms with Crippen LogP contribution in [-0.4, -0.2) is 23.1 Å². The molecule has 21 heavy (non-hydrogen) atoms. The fraction of sp³-hybridized carbons (Fsp3) is 0.438. The first-order valence-corrected chi connectivity index (χ1v) is 7.69. The number of rotatable bonds is 2. The average Bonchev–Trinajstić information content (AvgIpc) is 2.74. The van der Waals surface area contributed by atoms with Crippen LogP contribution >= 0.6 is 11.6 Å². The van der Waals surface area contributed by atoms with E-state index in [0.717, 1.165) is 13.1 Å². The molecule has 0 atom stereocenters. The molecule has 0 aliphatic carbocycles. The zero-order valence-electron chi connectivity index (χ0n) is 11.8. The van der Waals surface area contributed by atoms with E-state index in [1.807, 2.05) is 0 Å². The van der Waals surface area contributed by atoms with Crippen LogP contribution in [0, 0.1) is 0 Å². The third-order valence-corrected chi connectivity index (χ3v) is 4.32. The fourth-order valence-electron chi connectivity index (χ4n) is 2.89. The van der Waals surface area contributed by atoms with Crippen LogP contribution in [-0.2, 0) is 6.54 Å². The van der Waals surface area contributed by atoms with E-state index in [0.29, 0.717) is 23.1 Å². The van der Waals surface area contributed by atoms with E-state index in [-0.39, 0.29) is 16.2 Å². The molecule has 0 saturated carbocycles. The van der Waals surface area contributed by atoms with Crippen molar-refractivity contribution in [2.45, 2.75) is 32.2 Å². The molecule has 0 spiro atoms. The highest BCUT2D eigenvalue weighted by molar-refractivity contribution is 6.30. The molecule has 1 N–H and O–H groups in total. The Kier molecular flexibility index (Phi) is 4.17. The highest BCUT2D eigenvalue weighted by Gasteiger charge is 2.17. The van der Waals surface area contributed by atoms with Gasteiger partial charge in [0.25, 0.3) is 0 Å². The van der Waals surface area contributed by atoms with E-state index in [9.17, 15) is 9.90 Å². The van der Waals surface area contributed by atoms with Crippen LogP contribution in [0.3, 0.4) is 0 Å². The lowest BCUT2D eigenvalue weighted by atomic mass is 10.1. The van der Waals surface area contributed by atoms with Gasteiger partial charge in [-0.2, -0.15) is 0 Å². The number of halogens is 1. The second kappa shape index (κ2) is 6.08. The Hall–Kier alpha value is -1.52. The number of hydrogen-bond acceptors (Lipinski definition) is 4. The Bertz CT molecular complexity index is 702. The van der Waals surface area contributed by atoms with Gasteiger partial charge in [-0.1, -0.05) is 24.4 Å². The summed E-state index contributed by atoms with van der Waals surface area (Å²) in [7, 11) is 0. The largest absolute Gasteiger partial charge is 0.507 e. The molecule has 4 nitrogen and oxygen atoms in total. The molecular formula is C16H18ClNO3. The normalized spacial score (nSPS) is 17.0. The minimum Gasteiger partial charge on any atom is -0.507 e. The Balaban J connectivity index is 2.02. The highest BCUT2D eigenvalue weighted by atomic mass is 35.5. The maximum atomic E-state index is 12.1. The monoisotopic (exact) mass is 307 g/mol. The van der Waals surface area contributed by atoms with Crippen molar-refractivity contribution in [1.82, 2.24) is 4.90 Å². The van der Waals surface area contributed by atoms with Crippen LogP contribution in [0.15, 0.2) is 27.6 Å². The molecule has 0 amide bonds. The zero-order valence-corrected chi connectivity index (χ0v) is 12.5. The van der Waals surface area contributed by atoms with Gasteiger partial charge in [0, 0.05) is 6.54 Å². The summed E-state index contributed by atoms with van der Waals surface area (Å²) in [6.45, 7) is 2.61. The van der Waals surface area contributed by atoms with E-state index in [1.54, 1.807) is 12.1 Å². The molecule has 2 aromatic rings. The summed E-state index contributed by atoms with van der Waals surface area (Å²) in [5, 5.41) is 10.6. The fourth-order valence-corrected chi connectivity index (χ4v) is 3.04. The Morgan fingerprint density at radius 2 is 1.90 bits per heavy atom. The molecule has 2 heterocycles. The summed E-state index contributed by atoms with van der Waals surface area (Å²) in [4.78, 5) is 14.4. The number of likely N-dealkylation sites (tertiary alicyclic amines) is 1. The first kappa shape index (κ1) is 14.4. The van der Waals surface area contributed by atoms with Crippen molar-refractivity contribution < 1.29 is 9.52 Å². The molecule has 112 valence electrons. The van der Waals surface area contributed by atoms with Crippen LogP contribution < -0.4 is 5.43 Å². The Morgan fingerprint density at radius 3 is 2.62 bits per heavy atom. The quantitative estimate of drug-likeness (QED) is 0.922. The minimum atomic E-state index is -0.255. The van der Waals surface area contributed by atoms with Gasteiger partial charge in [-0.05, 0) is 38.1 Å². The lowest BCUT2D eigenvalue weighted by Gasteiger charge is -2.20. The van der Waals surface area contributed by atoms with E-state index in [2.05, 4.69) is 4.90 Å². The molecule has 0 unspecified atom stereocenters. The van der Waals surface area contributed by atoms with Crippen LogP contribution in [0.1, 0.15) is 31.2 Å². The first-order chi connectivity index (χ1) is 10.2. The van der Waals surface area contributed by atoms with Gasteiger partial charge in [0.2, 0.25) is 5.43 Å². The standard InChI is InChI=1S/C16H18ClNO3/c17-13-10-21-16-11(15(13)20)5-6-14(19)12(16)9-18-7-3-1-2-4-8-18/h5-6,10,19H,1-4,7-9H2. The molecule has 1 aliphatic rings. The van der Waals surface area contributed by atoms with Gasteiger partial charge in [0.1, 0.15) is 22.6 Å². The summed E-state index contributed by atoms with van der Waals surface area (Å²) >= 11 is 5.81. The molecule has 1 saturated heterocycles. The number of phenolic OH excluding ortho intramolecular Hbond substituents is 1. The predicted octanol–water partition coefficient (Wildman–Crippen LogP) is 3.53. The summed E-state index contributed by atoms with van der Waals surface area (Å²) in [5.41, 5.74) is 0.854. The topological polar surface area (TPSA) is 53.7 Å². The SMILES string of the molecule is O=c1c(Cl)coc2c(CN3CCCCCC3)c(O)ccc12. The number of aromatic hydroxyl groups is 1. The van der Waals surface area contributed by atoms with Crippen LogP contribution in [0.4, 0.5) is 0 Å². The van der Waals surface area contributed by atoms with Crippen molar-refractivity contribution in [3.05, 3.63) is 39.2 Å². The van der Waals surface area contributed by atoms with Crippen LogP contribution in [0.2, 0.25) is 5.02 Å². The minimum absolute atomic E-state index is 0.0638. The Labute approximate surface area is 127 Å². The molecule has 0 radical (unpaired) electrons. The third-order valence-electron chi connectivity index (χ3n) is 4.06. The number of fused-ring (bicyclic) bond motifs is 1. The molecule has 5 heteroatoms. The second-order valence-corrected chi connectivity index (χ2v) is 5.95. The second-order valence-electron chi connectivity index (χ2n) is 5.54. The van der Waals surface area contributed by atoms with Gasteiger partial charge in [0.05, 0.1) is 10.9 Å². The first-order valence-electron chi connectivity index (χ1n) is 7.31. The van der Waals surface area contributed by atoms with Gasteiger partial charge in [-0.15, -0.1) is 0 Å². The zero-order chi connectivity index (χ0) is 14.8. The summed E-state index contributed by atoms with van der Waals surface area (Å²) in [6.07, 6.45) is 6.09. The maximum Gasteiger partial charge on any atom is 0.211 e. The van der Waals surface area contributed by atoms with Gasteiger partial charge in [-0.25, -0.2) is 0 Å². The average molecular weight is 308 g/mol. The third kappa shape index (κ3) is 2.92. The Morgan fingerprint density at radius 1 is 1.19 bits per heavy atom. The molecular weight excluding hydrogens is 290 g/mol. The van der Waals surface area contributed by atoms with E-state index < -0.39 is 0 Å². The molecule has 1 aliphatic heterocycles. The van der Waals surface area contributed by atoms with Crippen molar-refractivity contribution in [2.24, 2.45) is 0 Å². The van der Waals surface area contributed by atoms with Gasteiger partial charge >= 0.3 is 0 Å². The molecule has 1 aromatic heterocycles.